The van der Waals surface area contributed by atoms with Crippen molar-refractivity contribution in [1.29, 1.82) is 0 Å². The van der Waals surface area contributed by atoms with Crippen LogP contribution in [0.4, 0.5) is 9.59 Å². The largest absolute Gasteiger partial charge is 0.489 e. The Morgan fingerprint density at radius 3 is 2.39 bits per heavy atom. The summed E-state index contributed by atoms with van der Waals surface area (Å²) >= 11 is 0. The first-order valence-electron chi connectivity index (χ1n) is 9.37. The summed E-state index contributed by atoms with van der Waals surface area (Å²) in [6.07, 6.45) is -0.0629. The molecule has 1 fully saturated rings. The number of hydrogen-bond donors (Lipinski definition) is 1. The molecule has 1 aliphatic rings. The number of ether oxygens (including phenoxy) is 2. The Morgan fingerprint density at radius 2 is 1.75 bits per heavy atom. The maximum Gasteiger partial charge on any atom is 0.418 e. The number of amides is 3. The minimum Gasteiger partial charge on any atom is -0.489 e. The minimum absolute atomic E-state index is 0.279. The van der Waals surface area contributed by atoms with Crippen LogP contribution in [0.15, 0.2) is 54.6 Å². The Labute approximate surface area is 165 Å². The van der Waals surface area contributed by atoms with Crippen LogP contribution >= 0.6 is 0 Å². The molecule has 0 aromatic heterocycles. The SMILES string of the molecule is CC(C)(C)OC(=O)N1C(=O)NCC1Cc1ccc(OCc2ccccc2)cc1. The van der Waals surface area contributed by atoms with E-state index >= 15 is 0 Å². The fourth-order valence-corrected chi connectivity index (χ4v) is 2.99. The topological polar surface area (TPSA) is 67.9 Å². The molecule has 0 radical (unpaired) electrons. The van der Waals surface area contributed by atoms with E-state index in [0.717, 1.165) is 16.9 Å². The van der Waals surface area contributed by atoms with Crippen molar-refractivity contribution in [3.63, 3.8) is 0 Å². The van der Waals surface area contributed by atoms with Gasteiger partial charge in [0, 0.05) is 6.54 Å². The second-order valence-corrected chi connectivity index (χ2v) is 7.81. The number of nitrogens with one attached hydrogen (secondary N) is 1. The predicted octanol–water partition coefficient (Wildman–Crippen LogP) is 4.14. The summed E-state index contributed by atoms with van der Waals surface area (Å²) in [5, 5.41) is 2.72. The average molecular weight is 382 g/mol. The van der Waals surface area contributed by atoms with E-state index in [-0.39, 0.29) is 6.04 Å². The van der Waals surface area contributed by atoms with E-state index < -0.39 is 17.7 Å². The molecule has 28 heavy (non-hydrogen) atoms. The molecule has 1 N–H and O–H groups in total. The molecule has 2 aromatic rings. The van der Waals surface area contributed by atoms with Gasteiger partial charge in [0.05, 0.1) is 6.04 Å². The van der Waals surface area contributed by atoms with Crippen molar-refractivity contribution in [2.24, 2.45) is 0 Å². The fourth-order valence-electron chi connectivity index (χ4n) is 2.99. The van der Waals surface area contributed by atoms with Crippen molar-refractivity contribution in [2.45, 2.75) is 45.4 Å². The van der Waals surface area contributed by atoms with Crippen molar-refractivity contribution < 1.29 is 19.1 Å². The lowest BCUT2D eigenvalue weighted by Crippen LogP contribution is -2.43. The van der Waals surface area contributed by atoms with Gasteiger partial charge in [0.15, 0.2) is 0 Å². The molecule has 1 saturated heterocycles. The molecule has 2 aromatic carbocycles. The molecule has 6 nitrogen and oxygen atoms in total. The normalized spacial score (nSPS) is 16.6. The maximum absolute atomic E-state index is 12.4. The van der Waals surface area contributed by atoms with Crippen LogP contribution in [0.25, 0.3) is 0 Å². The molecular formula is C22H26N2O4. The number of rotatable bonds is 5. The van der Waals surface area contributed by atoms with Crippen LogP contribution in [0.1, 0.15) is 31.9 Å². The van der Waals surface area contributed by atoms with Crippen LogP contribution in [0.5, 0.6) is 5.75 Å². The Bertz CT molecular complexity index is 813. The van der Waals surface area contributed by atoms with E-state index in [1.54, 1.807) is 20.8 Å². The van der Waals surface area contributed by atoms with Crippen molar-refractivity contribution >= 4 is 12.1 Å². The first-order valence-corrected chi connectivity index (χ1v) is 9.37. The van der Waals surface area contributed by atoms with E-state index in [9.17, 15) is 9.59 Å². The second-order valence-electron chi connectivity index (χ2n) is 7.81. The van der Waals surface area contributed by atoms with Crippen molar-refractivity contribution in [3.05, 3.63) is 65.7 Å². The van der Waals surface area contributed by atoms with Crippen LogP contribution in [0.3, 0.4) is 0 Å². The highest BCUT2D eigenvalue weighted by Gasteiger charge is 2.38. The van der Waals surface area contributed by atoms with Crippen LogP contribution in [-0.4, -0.2) is 35.2 Å². The van der Waals surface area contributed by atoms with Crippen molar-refractivity contribution in [2.75, 3.05) is 6.54 Å². The van der Waals surface area contributed by atoms with Gasteiger partial charge in [0.25, 0.3) is 0 Å². The Balaban J connectivity index is 1.59. The molecule has 1 unspecified atom stereocenters. The number of hydrogen-bond acceptors (Lipinski definition) is 4. The molecule has 3 rings (SSSR count). The molecule has 1 heterocycles. The number of imide groups is 1. The monoisotopic (exact) mass is 382 g/mol. The third kappa shape index (κ3) is 5.25. The highest BCUT2D eigenvalue weighted by atomic mass is 16.6. The highest BCUT2D eigenvalue weighted by molar-refractivity contribution is 5.93. The van der Waals surface area contributed by atoms with Gasteiger partial charge in [-0.15, -0.1) is 0 Å². The lowest BCUT2D eigenvalue weighted by atomic mass is 10.1. The van der Waals surface area contributed by atoms with Gasteiger partial charge in [0.1, 0.15) is 18.0 Å². The number of nitrogens with zero attached hydrogens (tertiary/aromatic N) is 1. The summed E-state index contributed by atoms with van der Waals surface area (Å²) in [6, 6.07) is 17.0. The first kappa shape index (κ1) is 19.7. The van der Waals surface area contributed by atoms with Gasteiger partial charge >= 0.3 is 12.1 Å². The smallest absolute Gasteiger partial charge is 0.418 e. The fraction of sp³-hybridized carbons (Fsp3) is 0.364. The molecule has 6 heteroatoms. The lowest BCUT2D eigenvalue weighted by molar-refractivity contribution is 0.0300. The van der Waals surface area contributed by atoms with E-state index in [1.807, 2.05) is 54.6 Å². The molecule has 0 aliphatic carbocycles. The van der Waals surface area contributed by atoms with Crippen molar-refractivity contribution in [1.82, 2.24) is 10.2 Å². The van der Waals surface area contributed by atoms with Gasteiger partial charge in [-0.25, -0.2) is 14.5 Å². The molecule has 1 aliphatic heterocycles. The summed E-state index contributed by atoms with van der Waals surface area (Å²) in [5.74, 6) is 0.775. The second kappa shape index (κ2) is 8.33. The summed E-state index contributed by atoms with van der Waals surface area (Å²) in [4.78, 5) is 25.6. The summed E-state index contributed by atoms with van der Waals surface area (Å²) in [7, 11) is 0. The zero-order valence-electron chi connectivity index (χ0n) is 16.5. The van der Waals surface area contributed by atoms with Gasteiger partial charge in [-0.05, 0) is 50.5 Å². The molecule has 0 saturated carbocycles. The van der Waals surface area contributed by atoms with E-state index in [1.165, 1.54) is 4.90 Å². The van der Waals surface area contributed by atoms with Crippen molar-refractivity contribution in [3.8, 4) is 5.75 Å². The Hall–Kier alpha value is -3.02. The zero-order valence-corrected chi connectivity index (χ0v) is 16.5. The van der Waals surface area contributed by atoms with Gasteiger partial charge in [0.2, 0.25) is 0 Å². The first-order chi connectivity index (χ1) is 13.3. The molecule has 1 atom stereocenters. The quantitative estimate of drug-likeness (QED) is 0.844. The highest BCUT2D eigenvalue weighted by Crippen LogP contribution is 2.20. The average Bonchev–Trinajstić information content (AvgIpc) is 3.01. The Morgan fingerprint density at radius 1 is 1.07 bits per heavy atom. The molecular weight excluding hydrogens is 356 g/mol. The predicted molar refractivity (Wildman–Crippen MR) is 106 cm³/mol. The molecule has 3 amide bonds. The minimum atomic E-state index is -0.651. The maximum atomic E-state index is 12.4. The van der Waals surface area contributed by atoms with Gasteiger partial charge < -0.3 is 14.8 Å². The van der Waals surface area contributed by atoms with E-state index in [2.05, 4.69) is 5.32 Å². The number of urea groups is 1. The number of benzene rings is 2. The summed E-state index contributed by atoms with van der Waals surface area (Å²) in [5.41, 5.74) is 1.47. The third-order valence-electron chi connectivity index (χ3n) is 4.31. The van der Waals surface area contributed by atoms with E-state index in [4.69, 9.17) is 9.47 Å². The Kier molecular flexibility index (Phi) is 5.87. The van der Waals surface area contributed by atoms with Crippen LogP contribution in [-0.2, 0) is 17.8 Å². The third-order valence-corrected chi connectivity index (χ3v) is 4.31. The zero-order chi connectivity index (χ0) is 20.1. The van der Waals surface area contributed by atoms with E-state index in [0.29, 0.717) is 19.6 Å². The summed E-state index contributed by atoms with van der Waals surface area (Å²) < 4.78 is 11.2. The molecule has 0 bridgehead atoms. The van der Waals surface area contributed by atoms with Crippen LogP contribution < -0.4 is 10.1 Å². The van der Waals surface area contributed by atoms with Gasteiger partial charge in [-0.1, -0.05) is 42.5 Å². The lowest BCUT2D eigenvalue weighted by Gasteiger charge is -2.26. The summed E-state index contributed by atoms with van der Waals surface area (Å²) in [6.45, 7) is 6.25. The molecule has 0 spiro atoms. The number of carbonyl (C=O) groups excluding carboxylic acids is 2. The van der Waals surface area contributed by atoms with Gasteiger partial charge in [-0.3, -0.25) is 0 Å². The number of carbonyl (C=O) groups is 2. The standard InChI is InChI=1S/C22H26N2O4/c1-22(2,3)28-21(26)24-18(14-23-20(24)25)13-16-9-11-19(12-10-16)27-15-17-7-5-4-6-8-17/h4-12,18H,13-15H2,1-3H3,(H,23,25). The van der Waals surface area contributed by atoms with Crippen LogP contribution in [0, 0.1) is 0 Å². The molecule has 148 valence electrons. The van der Waals surface area contributed by atoms with Gasteiger partial charge in [-0.2, -0.15) is 0 Å². The van der Waals surface area contributed by atoms with Crippen LogP contribution in [0.2, 0.25) is 0 Å².